The molecular formula is C18H19NO2. The van der Waals surface area contributed by atoms with Gasteiger partial charge in [-0.1, -0.05) is 36.3 Å². The van der Waals surface area contributed by atoms with E-state index in [9.17, 15) is 4.79 Å². The van der Waals surface area contributed by atoms with Crippen LogP contribution >= 0.6 is 0 Å². The van der Waals surface area contributed by atoms with Gasteiger partial charge in [0.15, 0.2) is 0 Å². The van der Waals surface area contributed by atoms with E-state index in [1.165, 1.54) is 4.90 Å². The summed E-state index contributed by atoms with van der Waals surface area (Å²) in [6.07, 6.45) is 8.68. The Morgan fingerprint density at radius 1 is 1.29 bits per heavy atom. The highest BCUT2D eigenvalue weighted by Crippen LogP contribution is 2.24. The molecule has 1 amide bonds. The summed E-state index contributed by atoms with van der Waals surface area (Å²) in [5.41, 5.74) is 2.17. The van der Waals surface area contributed by atoms with E-state index < -0.39 is 11.7 Å². The number of hydrogen-bond acceptors (Lipinski definition) is 2. The van der Waals surface area contributed by atoms with Crippen LogP contribution in [0.4, 0.5) is 4.79 Å². The molecule has 0 spiro atoms. The molecule has 1 aliphatic heterocycles. The normalized spacial score (nSPS) is 14.9. The fourth-order valence-electron chi connectivity index (χ4n) is 2.01. The minimum absolute atomic E-state index is 0.392. The predicted molar refractivity (Wildman–Crippen MR) is 84.3 cm³/mol. The smallest absolute Gasteiger partial charge is 0.414 e. The van der Waals surface area contributed by atoms with Gasteiger partial charge in [0, 0.05) is 11.8 Å². The number of carbonyl (C=O) groups is 1. The van der Waals surface area contributed by atoms with Gasteiger partial charge in [-0.25, -0.2) is 4.79 Å². The Labute approximate surface area is 125 Å². The number of allylic oxidation sites excluding steroid dienone is 2. The lowest BCUT2D eigenvalue weighted by atomic mass is 10.0. The van der Waals surface area contributed by atoms with E-state index in [1.54, 1.807) is 6.20 Å². The van der Waals surface area contributed by atoms with E-state index in [0.29, 0.717) is 12.1 Å². The van der Waals surface area contributed by atoms with Gasteiger partial charge in [-0.15, -0.1) is 6.42 Å². The fraction of sp³-hybridized carbons (Fsp3) is 0.278. The first-order valence-corrected chi connectivity index (χ1v) is 6.83. The number of benzene rings is 1. The van der Waals surface area contributed by atoms with Crippen molar-refractivity contribution in [2.45, 2.75) is 26.4 Å². The third-order valence-corrected chi connectivity index (χ3v) is 2.90. The Kier molecular flexibility index (Phi) is 4.18. The van der Waals surface area contributed by atoms with Crippen LogP contribution in [0.3, 0.4) is 0 Å². The monoisotopic (exact) mass is 281 g/mol. The van der Waals surface area contributed by atoms with Gasteiger partial charge in [-0.2, -0.15) is 0 Å². The van der Waals surface area contributed by atoms with Crippen molar-refractivity contribution in [2.75, 3.05) is 6.54 Å². The van der Waals surface area contributed by atoms with Crippen molar-refractivity contribution in [3.8, 4) is 12.3 Å². The first-order valence-electron chi connectivity index (χ1n) is 6.83. The van der Waals surface area contributed by atoms with Crippen LogP contribution in [-0.4, -0.2) is 23.1 Å². The van der Waals surface area contributed by atoms with Gasteiger partial charge in [0.1, 0.15) is 5.60 Å². The van der Waals surface area contributed by atoms with Gasteiger partial charge < -0.3 is 4.74 Å². The van der Waals surface area contributed by atoms with Gasteiger partial charge in [0.25, 0.3) is 0 Å². The van der Waals surface area contributed by atoms with Crippen LogP contribution in [0.5, 0.6) is 0 Å². The molecule has 21 heavy (non-hydrogen) atoms. The fourth-order valence-corrected chi connectivity index (χ4v) is 2.01. The maximum absolute atomic E-state index is 12.2. The molecule has 0 unspecified atom stereocenters. The quantitative estimate of drug-likeness (QED) is 0.732. The molecule has 1 aromatic rings. The SMILES string of the molecule is C#CC1=CN(C(=O)OC(C)(C)C)CC(c2ccccc2)=C1. The topological polar surface area (TPSA) is 29.5 Å². The second-order valence-corrected chi connectivity index (χ2v) is 5.87. The Balaban J connectivity index is 2.25. The van der Waals surface area contributed by atoms with Crippen molar-refractivity contribution < 1.29 is 9.53 Å². The van der Waals surface area contributed by atoms with Crippen molar-refractivity contribution >= 4 is 11.7 Å². The zero-order chi connectivity index (χ0) is 15.5. The second-order valence-electron chi connectivity index (χ2n) is 5.87. The van der Waals surface area contributed by atoms with Crippen LogP contribution in [0.1, 0.15) is 26.3 Å². The molecular weight excluding hydrogens is 262 g/mol. The average molecular weight is 281 g/mol. The molecule has 1 aromatic carbocycles. The van der Waals surface area contributed by atoms with Gasteiger partial charge in [-0.05, 0) is 38.0 Å². The van der Waals surface area contributed by atoms with E-state index in [2.05, 4.69) is 5.92 Å². The number of carbonyl (C=O) groups excluding carboxylic acids is 1. The molecule has 0 aromatic heterocycles. The molecule has 0 atom stereocenters. The number of rotatable bonds is 1. The first-order chi connectivity index (χ1) is 9.89. The Hall–Kier alpha value is -2.47. The predicted octanol–water partition coefficient (Wildman–Crippen LogP) is 3.84. The van der Waals surface area contributed by atoms with Crippen molar-refractivity contribution in [1.29, 1.82) is 0 Å². The highest BCUT2D eigenvalue weighted by Gasteiger charge is 2.24. The molecule has 3 nitrogen and oxygen atoms in total. The third-order valence-electron chi connectivity index (χ3n) is 2.90. The molecule has 0 N–H and O–H groups in total. The minimum Gasteiger partial charge on any atom is -0.443 e. The lowest BCUT2D eigenvalue weighted by Gasteiger charge is -2.28. The largest absolute Gasteiger partial charge is 0.443 e. The van der Waals surface area contributed by atoms with Gasteiger partial charge in [0.2, 0.25) is 0 Å². The van der Waals surface area contributed by atoms with Crippen LogP contribution in [0.25, 0.3) is 5.57 Å². The number of nitrogens with zero attached hydrogens (tertiary/aromatic N) is 1. The van der Waals surface area contributed by atoms with Gasteiger partial charge in [-0.3, -0.25) is 4.90 Å². The number of amides is 1. The summed E-state index contributed by atoms with van der Waals surface area (Å²) in [6.45, 7) is 5.97. The maximum Gasteiger partial charge on any atom is 0.414 e. The zero-order valence-corrected chi connectivity index (χ0v) is 12.6. The summed E-state index contributed by atoms with van der Waals surface area (Å²) in [6, 6.07) is 9.87. The van der Waals surface area contributed by atoms with Crippen LogP contribution in [0, 0.1) is 12.3 Å². The Morgan fingerprint density at radius 2 is 1.95 bits per heavy atom. The summed E-state index contributed by atoms with van der Waals surface area (Å²) in [4.78, 5) is 13.7. The summed E-state index contributed by atoms with van der Waals surface area (Å²) >= 11 is 0. The Morgan fingerprint density at radius 3 is 2.52 bits per heavy atom. The van der Waals surface area contributed by atoms with Crippen LogP contribution in [0.2, 0.25) is 0 Å². The van der Waals surface area contributed by atoms with E-state index in [0.717, 1.165) is 11.1 Å². The highest BCUT2D eigenvalue weighted by atomic mass is 16.6. The van der Waals surface area contributed by atoms with E-state index in [-0.39, 0.29) is 0 Å². The standard InChI is InChI=1S/C18H19NO2/c1-5-14-11-16(15-9-7-6-8-10-15)13-19(12-14)17(20)21-18(2,3)4/h1,6-12H,13H2,2-4H3. The minimum atomic E-state index is -0.532. The highest BCUT2D eigenvalue weighted by molar-refractivity contribution is 5.79. The molecule has 3 heteroatoms. The molecule has 0 fully saturated rings. The van der Waals surface area contributed by atoms with Gasteiger partial charge >= 0.3 is 6.09 Å². The summed E-state index contributed by atoms with van der Waals surface area (Å²) in [7, 11) is 0. The summed E-state index contributed by atoms with van der Waals surface area (Å²) < 4.78 is 5.40. The molecule has 0 aliphatic carbocycles. The van der Waals surface area contributed by atoms with Crippen molar-refractivity contribution in [3.05, 3.63) is 53.7 Å². The van der Waals surface area contributed by atoms with Crippen molar-refractivity contribution in [3.63, 3.8) is 0 Å². The molecule has 1 heterocycles. The molecule has 0 saturated carbocycles. The van der Waals surface area contributed by atoms with Crippen LogP contribution < -0.4 is 0 Å². The summed E-state index contributed by atoms with van der Waals surface area (Å²) in [5, 5.41) is 0. The van der Waals surface area contributed by atoms with E-state index in [1.807, 2.05) is 57.2 Å². The molecule has 108 valence electrons. The van der Waals surface area contributed by atoms with E-state index >= 15 is 0 Å². The van der Waals surface area contributed by atoms with Crippen LogP contribution in [-0.2, 0) is 4.74 Å². The lowest BCUT2D eigenvalue weighted by Crippen LogP contribution is -2.35. The van der Waals surface area contributed by atoms with Crippen molar-refractivity contribution in [1.82, 2.24) is 4.90 Å². The first kappa shape index (κ1) is 14.9. The third kappa shape index (κ3) is 4.00. The maximum atomic E-state index is 12.2. The lowest BCUT2D eigenvalue weighted by molar-refractivity contribution is 0.0352. The van der Waals surface area contributed by atoms with Gasteiger partial charge in [0.05, 0.1) is 6.54 Å². The Bertz CT molecular complexity index is 627. The molecule has 2 rings (SSSR count). The molecule has 1 aliphatic rings. The molecule has 0 radical (unpaired) electrons. The van der Waals surface area contributed by atoms with Crippen molar-refractivity contribution in [2.24, 2.45) is 0 Å². The summed E-state index contributed by atoms with van der Waals surface area (Å²) in [5.74, 6) is 2.59. The molecule has 0 saturated heterocycles. The van der Waals surface area contributed by atoms with Crippen LogP contribution in [0.15, 0.2) is 48.2 Å². The van der Waals surface area contributed by atoms with E-state index in [4.69, 9.17) is 11.2 Å². The average Bonchev–Trinajstić information content (AvgIpc) is 2.46. The second kappa shape index (κ2) is 5.88. The number of hydrogen-bond donors (Lipinski definition) is 0. The number of terminal acetylenes is 1. The molecule has 0 bridgehead atoms. The zero-order valence-electron chi connectivity index (χ0n) is 12.6. The number of ether oxygens (including phenoxy) is 1.